The van der Waals surface area contributed by atoms with Crippen molar-refractivity contribution in [2.75, 3.05) is 11.1 Å². The molecule has 1 amide bonds. The Labute approximate surface area is 203 Å². The molecule has 172 valence electrons. The second-order valence-corrected chi connectivity index (χ2v) is 8.90. The number of carbonyl (C=O) groups is 1. The first-order valence-electron chi connectivity index (χ1n) is 10.2. The minimum absolute atomic E-state index is 0.107. The average Bonchev–Trinajstić information content (AvgIpc) is 2.81. The lowest BCUT2D eigenvalue weighted by atomic mass is 10.2. The zero-order valence-corrected chi connectivity index (χ0v) is 19.8. The molecule has 0 aliphatic rings. The Morgan fingerprint density at radius 1 is 1.15 bits per heavy atom. The summed E-state index contributed by atoms with van der Waals surface area (Å²) in [5.41, 5.74) is 2.11. The number of rotatable bonds is 6. The van der Waals surface area contributed by atoms with Crippen LogP contribution in [-0.4, -0.2) is 26.1 Å². The second kappa shape index (κ2) is 9.66. The third-order valence-corrected chi connectivity index (χ3v) is 6.53. The Hall–Kier alpha value is -3.69. The van der Waals surface area contributed by atoms with Gasteiger partial charge in [-0.2, -0.15) is 0 Å². The number of nitro groups is 1. The number of nitrogens with zero attached hydrogens (tertiary/aromatic N) is 3. The number of benzene rings is 3. The van der Waals surface area contributed by atoms with Crippen molar-refractivity contribution in [2.24, 2.45) is 0 Å². The van der Waals surface area contributed by atoms with Gasteiger partial charge >= 0.3 is 0 Å². The maximum atomic E-state index is 13.4. The molecule has 1 aromatic heterocycles. The third-order valence-electron chi connectivity index (χ3n) is 5.18. The van der Waals surface area contributed by atoms with Crippen LogP contribution < -0.4 is 10.9 Å². The van der Waals surface area contributed by atoms with Crippen LogP contribution in [-0.2, 0) is 4.79 Å². The van der Waals surface area contributed by atoms with Crippen LogP contribution in [0.2, 0.25) is 5.02 Å². The number of nitrogens with one attached hydrogen (secondary N) is 1. The number of para-hydroxylation sites is 1. The second-order valence-electron chi connectivity index (χ2n) is 7.55. The summed E-state index contributed by atoms with van der Waals surface area (Å²) in [6, 6.07) is 16.8. The van der Waals surface area contributed by atoms with Gasteiger partial charge in [0.2, 0.25) is 5.91 Å². The van der Waals surface area contributed by atoms with Gasteiger partial charge in [0.05, 0.1) is 27.3 Å². The van der Waals surface area contributed by atoms with E-state index in [4.69, 9.17) is 11.6 Å². The Morgan fingerprint density at radius 3 is 2.68 bits per heavy atom. The van der Waals surface area contributed by atoms with Crippen molar-refractivity contribution in [1.29, 1.82) is 0 Å². The van der Waals surface area contributed by atoms with Gasteiger partial charge in [-0.05, 0) is 55.3 Å². The predicted molar refractivity (Wildman–Crippen MR) is 134 cm³/mol. The average molecular weight is 495 g/mol. The van der Waals surface area contributed by atoms with E-state index < -0.39 is 10.8 Å². The summed E-state index contributed by atoms with van der Waals surface area (Å²) < 4.78 is 1.44. The highest BCUT2D eigenvalue weighted by molar-refractivity contribution is 7.99. The van der Waals surface area contributed by atoms with E-state index in [2.05, 4.69) is 10.3 Å². The van der Waals surface area contributed by atoms with E-state index in [0.29, 0.717) is 37.9 Å². The van der Waals surface area contributed by atoms with Crippen molar-refractivity contribution >= 4 is 51.5 Å². The number of thioether (sulfide) groups is 1. The Bertz CT molecular complexity index is 1500. The van der Waals surface area contributed by atoms with E-state index >= 15 is 0 Å². The SMILES string of the molecule is Cc1ccc(NC(=O)CSc2nc3ccccc3c(=O)n2-c2cccc(Cl)c2C)c([N+](=O)[O-])c1. The molecular formula is C24H19ClN4O4S. The molecule has 4 rings (SSSR count). The van der Waals surface area contributed by atoms with Gasteiger partial charge in [0, 0.05) is 11.1 Å². The number of hydrogen-bond acceptors (Lipinski definition) is 6. The highest BCUT2D eigenvalue weighted by Crippen LogP contribution is 2.28. The van der Waals surface area contributed by atoms with Gasteiger partial charge in [-0.25, -0.2) is 4.98 Å². The van der Waals surface area contributed by atoms with Gasteiger partial charge in [0.15, 0.2) is 5.16 Å². The lowest BCUT2D eigenvalue weighted by Crippen LogP contribution is -2.23. The van der Waals surface area contributed by atoms with Crippen LogP contribution >= 0.6 is 23.4 Å². The van der Waals surface area contributed by atoms with Crippen LogP contribution in [0.4, 0.5) is 11.4 Å². The smallest absolute Gasteiger partial charge is 0.293 e. The van der Waals surface area contributed by atoms with Gasteiger partial charge < -0.3 is 5.32 Å². The molecule has 3 aromatic carbocycles. The minimum Gasteiger partial charge on any atom is -0.320 e. The van der Waals surface area contributed by atoms with Crippen molar-refractivity contribution in [1.82, 2.24) is 9.55 Å². The number of anilines is 1. The van der Waals surface area contributed by atoms with Gasteiger partial charge in [-0.15, -0.1) is 0 Å². The van der Waals surface area contributed by atoms with Crippen molar-refractivity contribution in [2.45, 2.75) is 19.0 Å². The Balaban J connectivity index is 1.70. The molecule has 0 aliphatic carbocycles. The molecule has 10 heteroatoms. The van der Waals surface area contributed by atoms with Crippen LogP contribution in [0.1, 0.15) is 11.1 Å². The predicted octanol–water partition coefficient (Wildman–Crippen LogP) is 5.29. The maximum Gasteiger partial charge on any atom is 0.293 e. The van der Waals surface area contributed by atoms with E-state index in [1.165, 1.54) is 16.7 Å². The molecule has 0 atom stereocenters. The van der Waals surface area contributed by atoms with E-state index in [-0.39, 0.29) is 22.7 Å². The molecule has 0 unspecified atom stereocenters. The summed E-state index contributed by atoms with van der Waals surface area (Å²) in [4.78, 5) is 41.5. The van der Waals surface area contributed by atoms with E-state index in [9.17, 15) is 19.7 Å². The fourth-order valence-corrected chi connectivity index (χ4v) is 4.45. The molecular weight excluding hydrogens is 476 g/mol. The zero-order valence-electron chi connectivity index (χ0n) is 18.2. The third kappa shape index (κ3) is 4.66. The lowest BCUT2D eigenvalue weighted by molar-refractivity contribution is -0.384. The molecule has 0 radical (unpaired) electrons. The largest absolute Gasteiger partial charge is 0.320 e. The molecule has 1 N–H and O–H groups in total. The molecule has 0 bridgehead atoms. The topological polar surface area (TPSA) is 107 Å². The highest BCUT2D eigenvalue weighted by Gasteiger charge is 2.19. The standard InChI is InChI=1S/C24H19ClN4O4S/c1-14-10-11-19(21(12-14)29(32)33)26-22(30)13-34-24-27-18-8-4-3-6-16(18)23(31)28(24)20-9-5-7-17(25)15(20)2/h3-12H,13H2,1-2H3,(H,26,30). The van der Waals surface area contributed by atoms with Crippen molar-refractivity contribution in [3.63, 3.8) is 0 Å². The van der Waals surface area contributed by atoms with Crippen molar-refractivity contribution in [3.8, 4) is 5.69 Å². The number of carbonyl (C=O) groups excluding carboxylic acids is 1. The molecule has 4 aromatic rings. The van der Waals surface area contributed by atoms with Gasteiger partial charge in [-0.1, -0.05) is 47.6 Å². The zero-order chi connectivity index (χ0) is 24.4. The number of nitro benzene ring substituents is 1. The number of fused-ring (bicyclic) bond motifs is 1. The summed E-state index contributed by atoms with van der Waals surface area (Å²) in [7, 11) is 0. The lowest BCUT2D eigenvalue weighted by Gasteiger charge is -2.15. The highest BCUT2D eigenvalue weighted by atomic mass is 35.5. The number of halogens is 1. The molecule has 8 nitrogen and oxygen atoms in total. The fraction of sp³-hybridized carbons (Fsp3) is 0.125. The molecule has 0 aliphatic heterocycles. The summed E-state index contributed by atoms with van der Waals surface area (Å²) in [6.07, 6.45) is 0. The summed E-state index contributed by atoms with van der Waals surface area (Å²) in [5, 5.41) is 15.2. The molecule has 1 heterocycles. The monoisotopic (exact) mass is 494 g/mol. The summed E-state index contributed by atoms with van der Waals surface area (Å²) in [6.45, 7) is 3.54. The number of aryl methyl sites for hydroxylation is 1. The van der Waals surface area contributed by atoms with E-state index in [0.717, 1.165) is 11.8 Å². The van der Waals surface area contributed by atoms with Gasteiger partial charge in [-0.3, -0.25) is 24.3 Å². The van der Waals surface area contributed by atoms with Crippen LogP contribution in [0.25, 0.3) is 16.6 Å². The van der Waals surface area contributed by atoms with E-state index in [1.807, 2.05) is 0 Å². The first-order valence-corrected chi connectivity index (χ1v) is 11.6. The minimum atomic E-state index is -0.541. The fourth-order valence-electron chi connectivity index (χ4n) is 3.47. The Morgan fingerprint density at radius 2 is 1.91 bits per heavy atom. The number of amides is 1. The quantitative estimate of drug-likeness (QED) is 0.169. The molecule has 0 saturated heterocycles. The maximum absolute atomic E-state index is 13.4. The van der Waals surface area contributed by atoms with Crippen LogP contribution in [0.15, 0.2) is 70.6 Å². The van der Waals surface area contributed by atoms with E-state index in [1.54, 1.807) is 62.4 Å². The van der Waals surface area contributed by atoms with Crippen LogP contribution in [0, 0.1) is 24.0 Å². The first kappa shape index (κ1) is 23.5. The van der Waals surface area contributed by atoms with Crippen LogP contribution in [0.3, 0.4) is 0 Å². The van der Waals surface area contributed by atoms with Gasteiger partial charge in [0.1, 0.15) is 5.69 Å². The number of aromatic nitrogens is 2. The molecule has 0 fully saturated rings. The Kier molecular flexibility index (Phi) is 6.67. The molecule has 0 saturated carbocycles. The molecule has 0 spiro atoms. The number of hydrogen-bond donors (Lipinski definition) is 1. The summed E-state index contributed by atoms with van der Waals surface area (Å²) >= 11 is 7.35. The van der Waals surface area contributed by atoms with Crippen molar-refractivity contribution in [3.05, 3.63) is 97.3 Å². The van der Waals surface area contributed by atoms with Gasteiger partial charge in [0.25, 0.3) is 11.2 Å². The van der Waals surface area contributed by atoms with Crippen LogP contribution in [0.5, 0.6) is 0 Å². The summed E-state index contributed by atoms with van der Waals surface area (Å²) in [5.74, 6) is -0.580. The first-order chi connectivity index (χ1) is 16.3. The molecule has 34 heavy (non-hydrogen) atoms. The normalized spacial score (nSPS) is 10.9. The van der Waals surface area contributed by atoms with Crippen molar-refractivity contribution < 1.29 is 9.72 Å².